The van der Waals surface area contributed by atoms with Gasteiger partial charge in [-0.25, -0.2) is 0 Å². The van der Waals surface area contributed by atoms with Crippen LogP contribution in [0.15, 0.2) is 18.2 Å². The Hall–Kier alpha value is -1.22. The number of hydrogen-bond acceptors (Lipinski definition) is 3. The molecule has 1 aliphatic rings. The highest BCUT2D eigenvalue weighted by molar-refractivity contribution is 5.55. The molecule has 2 N–H and O–H groups in total. The van der Waals surface area contributed by atoms with Crippen molar-refractivity contribution in [2.75, 3.05) is 25.1 Å². The molecular weight excluding hydrogens is 212 g/mol. The number of benzene rings is 1. The van der Waals surface area contributed by atoms with Crippen molar-refractivity contribution >= 4 is 5.69 Å². The summed E-state index contributed by atoms with van der Waals surface area (Å²) in [5, 5.41) is 0. The molecule has 3 heteroatoms. The molecule has 1 fully saturated rings. The van der Waals surface area contributed by atoms with Crippen LogP contribution in [-0.4, -0.2) is 26.2 Å². The molecule has 0 aliphatic heterocycles. The lowest BCUT2D eigenvalue weighted by atomic mass is 10.1. The number of nitrogens with zero attached hydrogens (tertiary/aromatic N) is 1. The van der Waals surface area contributed by atoms with Crippen LogP contribution in [0.25, 0.3) is 0 Å². The smallest absolute Gasteiger partial charge is 0.124 e. The van der Waals surface area contributed by atoms with Crippen LogP contribution in [0, 0.1) is 0 Å². The van der Waals surface area contributed by atoms with Gasteiger partial charge in [0.1, 0.15) is 5.75 Å². The lowest BCUT2D eigenvalue weighted by Gasteiger charge is -2.22. The molecular formula is C14H22N2O. The number of anilines is 1. The molecule has 3 nitrogen and oxygen atoms in total. The van der Waals surface area contributed by atoms with E-state index >= 15 is 0 Å². The quantitative estimate of drug-likeness (QED) is 0.850. The predicted octanol–water partition coefficient (Wildman–Crippen LogP) is 2.36. The summed E-state index contributed by atoms with van der Waals surface area (Å²) >= 11 is 0. The van der Waals surface area contributed by atoms with Crippen LogP contribution in [0.5, 0.6) is 5.75 Å². The van der Waals surface area contributed by atoms with Crippen LogP contribution in [0.1, 0.15) is 31.7 Å². The van der Waals surface area contributed by atoms with Crippen LogP contribution in [-0.2, 0) is 0 Å². The van der Waals surface area contributed by atoms with Crippen molar-refractivity contribution in [2.24, 2.45) is 5.73 Å². The van der Waals surface area contributed by atoms with Crippen molar-refractivity contribution in [3.05, 3.63) is 23.8 Å². The summed E-state index contributed by atoms with van der Waals surface area (Å²) < 4.78 is 5.49. The molecule has 0 heterocycles. The standard InChI is InChI=1S/C14H22N2O/c1-4-16(5-2)10-6-7-11(12-9-13(12)15)14(8-10)17-3/h6-8,12-13H,4-5,9,15H2,1-3H3. The maximum Gasteiger partial charge on any atom is 0.124 e. The molecule has 2 rings (SSSR count). The van der Waals surface area contributed by atoms with E-state index in [0.29, 0.717) is 12.0 Å². The van der Waals surface area contributed by atoms with Gasteiger partial charge in [0, 0.05) is 36.8 Å². The van der Waals surface area contributed by atoms with Crippen molar-refractivity contribution in [1.82, 2.24) is 0 Å². The van der Waals surface area contributed by atoms with Crippen molar-refractivity contribution in [2.45, 2.75) is 32.2 Å². The molecule has 0 bridgehead atoms. The largest absolute Gasteiger partial charge is 0.496 e. The van der Waals surface area contributed by atoms with Crippen molar-refractivity contribution in [3.63, 3.8) is 0 Å². The molecule has 0 saturated heterocycles. The summed E-state index contributed by atoms with van der Waals surface area (Å²) in [6.07, 6.45) is 1.08. The third-order valence-electron chi connectivity index (χ3n) is 3.58. The van der Waals surface area contributed by atoms with Gasteiger partial charge in [-0.3, -0.25) is 0 Å². The van der Waals surface area contributed by atoms with Gasteiger partial charge in [-0.1, -0.05) is 6.07 Å². The van der Waals surface area contributed by atoms with Crippen LogP contribution >= 0.6 is 0 Å². The lowest BCUT2D eigenvalue weighted by molar-refractivity contribution is 0.409. The van der Waals surface area contributed by atoms with E-state index in [-0.39, 0.29) is 0 Å². The van der Waals surface area contributed by atoms with E-state index in [1.165, 1.54) is 11.3 Å². The molecule has 0 aromatic heterocycles. The Bertz CT molecular complexity index is 388. The van der Waals surface area contributed by atoms with Gasteiger partial charge in [-0.05, 0) is 31.9 Å². The Morgan fingerprint density at radius 2 is 2.00 bits per heavy atom. The summed E-state index contributed by atoms with van der Waals surface area (Å²) in [7, 11) is 1.73. The molecule has 2 unspecified atom stereocenters. The highest BCUT2D eigenvalue weighted by Crippen LogP contribution is 2.44. The first-order chi connectivity index (χ1) is 8.21. The minimum Gasteiger partial charge on any atom is -0.496 e. The lowest BCUT2D eigenvalue weighted by Crippen LogP contribution is -2.21. The molecule has 1 aromatic carbocycles. The van der Waals surface area contributed by atoms with Gasteiger partial charge in [0.2, 0.25) is 0 Å². The van der Waals surface area contributed by atoms with E-state index in [1.54, 1.807) is 7.11 Å². The zero-order valence-electron chi connectivity index (χ0n) is 10.9. The number of methoxy groups -OCH3 is 1. The third kappa shape index (κ3) is 2.39. The maximum absolute atomic E-state index is 5.91. The van der Waals surface area contributed by atoms with Crippen molar-refractivity contribution in [3.8, 4) is 5.75 Å². The first kappa shape index (κ1) is 12.2. The fourth-order valence-corrected chi connectivity index (χ4v) is 2.36. The van der Waals surface area contributed by atoms with Crippen LogP contribution in [0.3, 0.4) is 0 Å². The monoisotopic (exact) mass is 234 g/mol. The Balaban J connectivity index is 2.27. The molecule has 0 amide bonds. The number of ether oxygens (including phenoxy) is 1. The van der Waals surface area contributed by atoms with E-state index in [4.69, 9.17) is 10.5 Å². The molecule has 2 atom stereocenters. The van der Waals surface area contributed by atoms with Gasteiger partial charge in [0.25, 0.3) is 0 Å². The molecule has 1 aromatic rings. The second kappa shape index (κ2) is 4.96. The minimum atomic E-state index is 0.322. The zero-order valence-corrected chi connectivity index (χ0v) is 10.9. The third-order valence-corrected chi connectivity index (χ3v) is 3.58. The molecule has 17 heavy (non-hydrogen) atoms. The number of nitrogens with two attached hydrogens (primary N) is 1. The van der Waals surface area contributed by atoms with Crippen LogP contribution in [0.4, 0.5) is 5.69 Å². The Labute approximate surface area is 104 Å². The summed E-state index contributed by atoms with van der Waals surface area (Å²) in [4.78, 5) is 2.32. The Kier molecular flexibility index (Phi) is 3.57. The SMILES string of the molecule is CCN(CC)c1ccc(C2CC2N)c(OC)c1. The van der Waals surface area contributed by atoms with Gasteiger partial charge < -0.3 is 15.4 Å². The van der Waals surface area contributed by atoms with Gasteiger partial charge in [-0.2, -0.15) is 0 Å². The van der Waals surface area contributed by atoms with Crippen LogP contribution in [0.2, 0.25) is 0 Å². The van der Waals surface area contributed by atoms with Crippen LogP contribution < -0.4 is 15.4 Å². The van der Waals surface area contributed by atoms with E-state index < -0.39 is 0 Å². The van der Waals surface area contributed by atoms with E-state index in [2.05, 4.69) is 36.9 Å². The van der Waals surface area contributed by atoms with E-state index in [1.807, 2.05) is 0 Å². The summed E-state index contributed by atoms with van der Waals surface area (Å²) in [5.41, 5.74) is 8.39. The average Bonchev–Trinajstić information content (AvgIpc) is 3.07. The van der Waals surface area contributed by atoms with Crippen molar-refractivity contribution < 1.29 is 4.74 Å². The van der Waals surface area contributed by atoms with Gasteiger partial charge >= 0.3 is 0 Å². The van der Waals surface area contributed by atoms with Gasteiger partial charge in [-0.15, -0.1) is 0 Å². The molecule has 94 valence electrons. The molecule has 1 saturated carbocycles. The first-order valence-electron chi connectivity index (χ1n) is 6.39. The molecule has 1 aliphatic carbocycles. The van der Waals surface area contributed by atoms with Gasteiger partial charge in [0.15, 0.2) is 0 Å². The maximum atomic E-state index is 5.91. The normalized spacial score (nSPS) is 22.4. The van der Waals surface area contributed by atoms with E-state index in [0.717, 1.165) is 25.3 Å². The fourth-order valence-electron chi connectivity index (χ4n) is 2.36. The molecule has 0 radical (unpaired) electrons. The highest BCUT2D eigenvalue weighted by Gasteiger charge is 2.36. The Morgan fingerprint density at radius 1 is 1.35 bits per heavy atom. The van der Waals surface area contributed by atoms with E-state index in [9.17, 15) is 0 Å². The van der Waals surface area contributed by atoms with Gasteiger partial charge in [0.05, 0.1) is 7.11 Å². The predicted molar refractivity (Wildman–Crippen MR) is 71.9 cm³/mol. The fraction of sp³-hybridized carbons (Fsp3) is 0.571. The topological polar surface area (TPSA) is 38.5 Å². The van der Waals surface area contributed by atoms with Crippen molar-refractivity contribution in [1.29, 1.82) is 0 Å². The first-order valence-corrected chi connectivity index (χ1v) is 6.39. The highest BCUT2D eigenvalue weighted by atomic mass is 16.5. The number of hydrogen-bond donors (Lipinski definition) is 1. The molecule has 0 spiro atoms. The summed E-state index contributed by atoms with van der Waals surface area (Å²) in [5.74, 6) is 1.48. The number of rotatable bonds is 5. The summed E-state index contributed by atoms with van der Waals surface area (Å²) in [6.45, 7) is 6.37. The average molecular weight is 234 g/mol. The second-order valence-corrected chi connectivity index (χ2v) is 4.60. The minimum absolute atomic E-state index is 0.322. The second-order valence-electron chi connectivity index (χ2n) is 4.60. The summed E-state index contributed by atoms with van der Waals surface area (Å²) in [6, 6.07) is 6.80. The zero-order chi connectivity index (χ0) is 12.4. The Morgan fingerprint density at radius 3 is 2.47 bits per heavy atom.